The molecule has 15 heavy (non-hydrogen) atoms. The minimum Gasteiger partial charge on any atom is -0.292 e. The summed E-state index contributed by atoms with van der Waals surface area (Å²) in [6, 6.07) is 0. The molecule has 1 aromatic heterocycles. The van der Waals surface area contributed by atoms with Crippen molar-refractivity contribution in [1.29, 1.82) is 0 Å². The smallest absolute Gasteiger partial charge is 0.188 e. The molecule has 0 spiro atoms. The van der Waals surface area contributed by atoms with Crippen LogP contribution in [0.4, 0.5) is 0 Å². The van der Waals surface area contributed by atoms with Crippen LogP contribution in [0.1, 0.15) is 50.7 Å². The van der Waals surface area contributed by atoms with E-state index in [1.807, 2.05) is 24.7 Å². The van der Waals surface area contributed by atoms with E-state index in [1.54, 1.807) is 0 Å². The van der Waals surface area contributed by atoms with Crippen LogP contribution in [-0.2, 0) is 12.0 Å². The van der Waals surface area contributed by atoms with Gasteiger partial charge in [-0.2, -0.15) is 5.10 Å². The zero-order valence-electron chi connectivity index (χ0n) is 10.1. The van der Waals surface area contributed by atoms with Crippen LogP contribution < -0.4 is 0 Å². The van der Waals surface area contributed by atoms with Gasteiger partial charge in [-0.05, 0) is 5.41 Å². The van der Waals surface area contributed by atoms with Gasteiger partial charge in [0.2, 0.25) is 0 Å². The molecule has 0 amide bonds. The number of aromatic nitrogens is 2. The highest BCUT2D eigenvalue weighted by Crippen LogP contribution is 2.36. The molecular formula is C12H18N2O. The molecule has 0 atom stereocenters. The quantitative estimate of drug-likeness (QED) is 0.653. The van der Waals surface area contributed by atoms with Crippen LogP contribution in [0, 0.1) is 5.41 Å². The molecule has 3 heteroatoms. The molecule has 0 saturated carbocycles. The average molecular weight is 206 g/mol. The standard InChI is InChI=1S/C12H18N2O/c1-11(2,3)8-6-13-14-7-12(4,5)10(15)9(8)14/h6H,7H2,1-5H3. The fraction of sp³-hybridized carbons (Fsp3) is 0.667. The van der Waals surface area contributed by atoms with Gasteiger partial charge in [-0.1, -0.05) is 34.6 Å². The van der Waals surface area contributed by atoms with E-state index in [2.05, 4.69) is 25.9 Å². The Morgan fingerprint density at radius 3 is 2.53 bits per heavy atom. The molecule has 0 aromatic carbocycles. The summed E-state index contributed by atoms with van der Waals surface area (Å²) in [4.78, 5) is 12.2. The van der Waals surface area contributed by atoms with Gasteiger partial charge in [0, 0.05) is 11.0 Å². The lowest BCUT2D eigenvalue weighted by atomic mass is 9.82. The molecule has 1 aliphatic rings. The summed E-state index contributed by atoms with van der Waals surface area (Å²) in [5, 5.41) is 4.31. The van der Waals surface area contributed by atoms with E-state index in [9.17, 15) is 4.79 Å². The molecular weight excluding hydrogens is 188 g/mol. The molecule has 0 saturated heterocycles. The van der Waals surface area contributed by atoms with Gasteiger partial charge in [-0.15, -0.1) is 0 Å². The van der Waals surface area contributed by atoms with Crippen molar-refractivity contribution in [3.63, 3.8) is 0 Å². The van der Waals surface area contributed by atoms with Crippen LogP contribution in [0.25, 0.3) is 0 Å². The van der Waals surface area contributed by atoms with Crippen LogP contribution >= 0.6 is 0 Å². The predicted molar refractivity (Wildman–Crippen MR) is 59.0 cm³/mol. The minimum absolute atomic E-state index is 0.0103. The van der Waals surface area contributed by atoms with E-state index in [1.165, 1.54) is 0 Å². The van der Waals surface area contributed by atoms with Crippen LogP contribution in [0.15, 0.2) is 6.20 Å². The van der Waals surface area contributed by atoms with Crippen molar-refractivity contribution in [3.8, 4) is 0 Å². The van der Waals surface area contributed by atoms with Crippen molar-refractivity contribution >= 4 is 5.78 Å². The third-order valence-corrected chi connectivity index (χ3v) is 3.02. The number of hydrogen-bond donors (Lipinski definition) is 0. The van der Waals surface area contributed by atoms with Gasteiger partial charge in [0.25, 0.3) is 0 Å². The maximum atomic E-state index is 12.2. The van der Waals surface area contributed by atoms with E-state index in [-0.39, 0.29) is 16.6 Å². The third kappa shape index (κ3) is 1.41. The first-order chi connectivity index (χ1) is 6.73. The van der Waals surface area contributed by atoms with E-state index >= 15 is 0 Å². The molecule has 0 bridgehead atoms. The van der Waals surface area contributed by atoms with Crippen LogP contribution in [0.3, 0.4) is 0 Å². The van der Waals surface area contributed by atoms with Gasteiger partial charge >= 0.3 is 0 Å². The molecule has 0 N–H and O–H groups in total. The molecule has 1 aliphatic heterocycles. The summed E-state index contributed by atoms with van der Waals surface area (Å²) >= 11 is 0. The SMILES string of the molecule is CC1(C)Cn2ncc(C(C)(C)C)c2C1=O. The summed E-state index contributed by atoms with van der Waals surface area (Å²) in [6.45, 7) is 11.0. The summed E-state index contributed by atoms with van der Waals surface area (Å²) in [5.41, 5.74) is 1.58. The lowest BCUT2D eigenvalue weighted by molar-refractivity contribution is 0.0858. The Balaban J connectivity index is 2.57. The summed E-state index contributed by atoms with van der Waals surface area (Å²) in [7, 11) is 0. The Bertz CT molecular complexity index is 421. The maximum Gasteiger partial charge on any atom is 0.188 e. The number of nitrogens with zero attached hydrogens (tertiary/aromatic N) is 2. The van der Waals surface area contributed by atoms with Gasteiger partial charge in [-0.25, -0.2) is 0 Å². The van der Waals surface area contributed by atoms with Crippen molar-refractivity contribution < 1.29 is 4.79 Å². The topological polar surface area (TPSA) is 34.9 Å². The van der Waals surface area contributed by atoms with Crippen LogP contribution in [-0.4, -0.2) is 15.6 Å². The van der Waals surface area contributed by atoms with Gasteiger partial charge in [0.15, 0.2) is 5.78 Å². The zero-order chi connectivity index (χ0) is 11.4. The van der Waals surface area contributed by atoms with Crippen molar-refractivity contribution in [2.45, 2.75) is 46.6 Å². The number of ketones is 1. The number of Topliss-reactive ketones (excluding diaryl/α,β-unsaturated/α-hetero) is 1. The number of hydrogen-bond acceptors (Lipinski definition) is 2. The van der Waals surface area contributed by atoms with E-state index < -0.39 is 0 Å². The average Bonchev–Trinajstić information content (AvgIpc) is 2.51. The van der Waals surface area contributed by atoms with Gasteiger partial charge in [0.1, 0.15) is 5.69 Å². The van der Waals surface area contributed by atoms with Gasteiger partial charge in [-0.3, -0.25) is 9.48 Å². The number of fused-ring (bicyclic) bond motifs is 1. The molecule has 0 aliphatic carbocycles. The highest BCUT2D eigenvalue weighted by atomic mass is 16.1. The highest BCUT2D eigenvalue weighted by Gasteiger charge is 2.42. The first kappa shape index (κ1) is 10.4. The Hall–Kier alpha value is -1.12. The maximum absolute atomic E-state index is 12.2. The fourth-order valence-corrected chi connectivity index (χ4v) is 2.06. The Morgan fingerprint density at radius 2 is 2.00 bits per heavy atom. The molecule has 0 radical (unpaired) electrons. The molecule has 3 nitrogen and oxygen atoms in total. The lowest BCUT2D eigenvalue weighted by Gasteiger charge is -2.19. The van der Waals surface area contributed by atoms with Crippen molar-refractivity contribution in [2.75, 3.05) is 0 Å². The molecule has 2 heterocycles. The zero-order valence-corrected chi connectivity index (χ0v) is 10.1. The predicted octanol–water partition coefficient (Wildman–Crippen LogP) is 2.40. The Kier molecular flexibility index (Phi) is 1.88. The van der Waals surface area contributed by atoms with Crippen LogP contribution in [0.2, 0.25) is 0 Å². The van der Waals surface area contributed by atoms with Crippen molar-refractivity contribution in [1.82, 2.24) is 9.78 Å². The van der Waals surface area contributed by atoms with E-state index in [0.29, 0.717) is 6.54 Å². The first-order valence-electron chi connectivity index (χ1n) is 5.34. The second-order valence-corrected chi connectivity index (χ2v) is 6.03. The second-order valence-electron chi connectivity index (χ2n) is 6.03. The molecule has 1 aromatic rings. The van der Waals surface area contributed by atoms with Gasteiger partial charge < -0.3 is 0 Å². The number of carbonyl (C=O) groups is 1. The van der Waals surface area contributed by atoms with Crippen LogP contribution in [0.5, 0.6) is 0 Å². The molecule has 0 unspecified atom stereocenters. The fourth-order valence-electron chi connectivity index (χ4n) is 2.06. The van der Waals surface area contributed by atoms with E-state index in [4.69, 9.17) is 0 Å². The first-order valence-corrected chi connectivity index (χ1v) is 5.34. The molecule has 2 rings (SSSR count). The Morgan fingerprint density at radius 1 is 1.40 bits per heavy atom. The van der Waals surface area contributed by atoms with Crippen molar-refractivity contribution in [3.05, 3.63) is 17.5 Å². The minimum atomic E-state index is -0.288. The normalized spacial score (nSPS) is 19.4. The van der Waals surface area contributed by atoms with E-state index in [0.717, 1.165) is 11.3 Å². The number of rotatable bonds is 0. The molecule has 0 fully saturated rings. The molecule has 82 valence electrons. The second kappa shape index (κ2) is 2.71. The monoisotopic (exact) mass is 206 g/mol. The van der Waals surface area contributed by atoms with Gasteiger partial charge in [0.05, 0.1) is 12.7 Å². The Labute approximate surface area is 90.5 Å². The van der Waals surface area contributed by atoms with Crippen molar-refractivity contribution in [2.24, 2.45) is 5.41 Å². The number of carbonyl (C=O) groups excluding carboxylic acids is 1. The summed E-state index contributed by atoms with van der Waals surface area (Å²) in [6.07, 6.45) is 1.84. The largest absolute Gasteiger partial charge is 0.292 e. The highest BCUT2D eigenvalue weighted by molar-refractivity contribution is 6.01. The lowest BCUT2D eigenvalue weighted by Crippen LogP contribution is -2.22. The third-order valence-electron chi connectivity index (χ3n) is 3.02. The summed E-state index contributed by atoms with van der Waals surface area (Å²) in [5.74, 6) is 0.227. The summed E-state index contributed by atoms with van der Waals surface area (Å²) < 4.78 is 1.85.